The van der Waals surface area contributed by atoms with Gasteiger partial charge in [-0.3, -0.25) is 19.2 Å². The number of phenols is 1. The Morgan fingerprint density at radius 3 is 2.39 bits per heavy atom. The van der Waals surface area contributed by atoms with E-state index in [0.29, 0.717) is 11.3 Å². The number of phenolic OH excluding ortho intramolecular Hbond substituents is 1. The summed E-state index contributed by atoms with van der Waals surface area (Å²) in [6, 6.07) is 18.9. The van der Waals surface area contributed by atoms with Gasteiger partial charge in [-0.15, -0.1) is 11.8 Å². The number of rotatable bonds is 10. The van der Waals surface area contributed by atoms with Crippen LogP contribution in [0, 0.1) is 6.92 Å². The molecule has 0 bridgehead atoms. The van der Waals surface area contributed by atoms with Gasteiger partial charge in [-0.25, -0.2) is 0 Å². The monoisotopic (exact) mass is 618 g/mol. The number of amides is 4. The summed E-state index contributed by atoms with van der Waals surface area (Å²) in [5.74, 6) is -1.67. The van der Waals surface area contributed by atoms with Crippen LogP contribution < -0.4 is 16.0 Å². The Morgan fingerprint density at radius 2 is 1.68 bits per heavy atom. The summed E-state index contributed by atoms with van der Waals surface area (Å²) in [7, 11) is 0. The maximum absolute atomic E-state index is 13.9. The van der Waals surface area contributed by atoms with Crippen molar-refractivity contribution in [3.63, 3.8) is 0 Å². The molecule has 0 aromatic heterocycles. The standard InChI is InChI=1S/C33H38N4O6S/c1-20-25(14-9-15-27(20)39)30(41)36-26(17-22-10-6-5-7-11-22)28(40)32(43)37-19-44-33(3,4)29(37)31(42)34-18-23-12-8-13-24(16-23)35-21(2)38/h5-16,26,28-29,39-40H,17-19H2,1-4H3,(H,34,42)(H,35,38)(H,36,41)/t26-,28-,29?/m0/s1. The van der Waals surface area contributed by atoms with Gasteiger partial charge >= 0.3 is 0 Å². The van der Waals surface area contributed by atoms with Crippen molar-refractivity contribution in [2.75, 3.05) is 11.2 Å². The molecule has 3 atom stereocenters. The minimum atomic E-state index is -1.66. The first-order valence-corrected chi connectivity index (χ1v) is 15.3. The number of nitrogens with zero attached hydrogens (tertiary/aromatic N) is 1. The van der Waals surface area contributed by atoms with E-state index in [1.54, 1.807) is 37.3 Å². The molecule has 1 fully saturated rings. The Bertz CT molecular complexity index is 1530. The highest BCUT2D eigenvalue weighted by Gasteiger charge is 2.49. The minimum absolute atomic E-state index is 0.0408. The number of thioether (sulfide) groups is 1. The molecule has 3 aromatic carbocycles. The van der Waals surface area contributed by atoms with E-state index in [9.17, 15) is 29.4 Å². The summed E-state index contributed by atoms with van der Waals surface area (Å²) in [6.45, 7) is 6.93. The number of hydrogen-bond donors (Lipinski definition) is 5. The van der Waals surface area contributed by atoms with E-state index >= 15 is 0 Å². The largest absolute Gasteiger partial charge is 0.508 e. The van der Waals surface area contributed by atoms with Crippen molar-refractivity contribution in [1.29, 1.82) is 0 Å². The Balaban J connectivity index is 1.53. The summed E-state index contributed by atoms with van der Waals surface area (Å²) in [5.41, 5.74) is 2.76. The molecule has 5 N–H and O–H groups in total. The normalized spacial score (nSPS) is 16.9. The van der Waals surface area contributed by atoms with Crippen LogP contribution in [0.25, 0.3) is 0 Å². The van der Waals surface area contributed by atoms with E-state index in [0.717, 1.165) is 11.1 Å². The number of nitrogens with one attached hydrogen (secondary N) is 3. The van der Waals surface area contributed by atoms with Crippen LogP contribution in [-0.2, 0) is 27.3 Å². The molecule has 3 aromatic rings. The van der Waals surface area contributed by atoms with Gasteiger partial charge in [0.05, 0.1) is 11.9 Å². The van der Waals surface area contributed by atoms with Gasteiger partial charge in [-0.05, 0) is 62.6 Å². The average Bonchev–Trinajstić information content (AvgIpc) is 3.31. The number of hydrogen-bond acceptors (Lipinski definition) is 7. The highest BCUT2D eigenvalue weighted by Crippen LogP contribution is 2.40. The fraction of sp³-hybridized carbons (Fsp3) is 0.333. The van der Waals surface area contributed by atoms with E-state index < -0.39 is 34.7 Å². The van der Waals surface area contributed by atoms with E-state index in [2.05, 4.69) is 16.0 Å². The Labute approximate surface area is 261 Å². The molecule has 4 rings (SSSR count). The van der Waals surface area contributed by atoms with E-state index in [4.69, 9.17) is 0 Å². The molecule has 1 heterocycles. The number of aromatic hydroxyl groups is 1. The summed E-state index contributed by atoms with van der Waals surface area (Å²) in [6.07, 6.45) is -1.50. The Morgan fingerprint density at radius 1 is 1.00 bits per heavy atom. The summed E-state index contributed by atoms with van der Waals surface area (Å²) in [4.78, 5) is 53.5. The molecule has 1 aliphatic rings. The molecule has 4 amide bonds. The van der Waals surface area contributed by atoms with Crippen LogP contribution >= 0.6 is 11.8 Å². The molecule has 1 unspecified atom stereocenters. The van der Waals surface area contributed by atoms with Gasteiger partial charge in [0.25, 0.3) is 11.8 Å². The smallest absolute Gasteiger partial charge is 0.254 e. The highest BCUT2D eigenvalue weighted by molar-refractivity contribution is 8.00. The van der Waals surface area contributed by atoms with Crippen LogP contribution in [0.4, 0.5) is 5.69 Å². The molecule has 1 saturated heterocycles. The van der Waals surface area contributed by atoms with Gasteiger partial charge in [-0.1, -0.05) is 48.5 Å². The summed E-state index contributed by atoms with van der Waals surface area (Å²) in [5, 5.41) is 30.0. The maximum Gasteiger partial charge on any atom is 0.254 e. The molecule has 0 saturated carbocycles. The van der Waals surface area contributed by atoms with Gasteiger partial charge in [-0.2, -0.15) is 0 Å². The Hall–Kier alpha value is -4.35. The lowest BCUT2D eigenvalue weighted by Gasteiger charge is -2.33. The van der Waals surface area contributed by atoms with Crippen molar-refractivity contribution in [2.45, 2.75) is 63.6 Å². The maximum atomic E-state index is 13.9. The van der Waals surface area contributed by atoms with Crippen molar-refractivity contribution in [3.8, 4) is 5.75 Å². The minimum Gasteiger partial charge on any atom is -0.508 e. The van der Waals surface area contributed by atoms with Crippen molar-refractivity contribution in [1.82, 2.24) is 15.5 Å². The van der Waals surface area contributed by atoms with Crippen LogP contribution in [0.1, 0.15) is 47.8 Å². The number of anilines is 1. The first-order valence-electron chi connectivity index (χ1n) is 14.3. The van der Waals surface area contributed by atoms with Gasteiger partial charge in [0.15, 0.2) is 6.10 Å². The second kappa shape index (κ2) is 14.0. The molecule has 0 spiro atoms. The lowest BCUT2D eigenvalue weighted by atomic mass is 9.96. The molecule has 0 radical (unpaired) electrons. The number of carbonyl (C=O) groups excluding carboxylic acids is 4. The van der Waals surface area contributed by atoms with Gasteiger partial charge in [0.1, 0.15) is 11.8 Å². The summed E-state index contributed by atoms with van der Waals surface area (Å²) < 4.78 is -0.658. The third kappa shape index (κ3) is 7.78. The van der Waals surface area contributed by atoms with Crippen LogP contribution in [0.3, 0.4) is 0 Å². The van der Waals surface area contributed by atoms with E-state index in [-0.39, 0.29) is 42.0 Å². The first kappa shape index (κ1) is 32.6. The van der Waals surface area contributed by atoms with Gasteiger partial charge in [0.2, 0.25) is 11.8 Å². The van der Waals surface area contributed by atoms with Crippen LogP contribution in [0.5, 0.6) is 5.75 Å². The predicted molar refractivity (Wildman–Crippen MR) is 170 cm³/mol. The Kier molecular flexibility index (Phi) is 10.3. The number of carbonyl (C=O) groups is 4. The number of aliphatic hydroxyl groups excluding tert-OH is 1. The van der Waals surface area contributed by atoms with Crippen LogP contribution in [0.15, 0.2) is 72.8 Å². The zero-order valence-corrected chi connectivity index (χ0v) is 26.0. The molecule has 0 aliphatic carbocycles. The SMILES string of the molecule is CC(=O)Nc1cccc(CNC(=O)C2N(C(=O)[C@@H](O)[C@H](Cc3ccccc3)NC(=O)c3cccc(O)c3C)CSC2(C)C)c1. The summed E-state index contributed by atoms with van der Waals surface area (Å²) >= 11 is 1.42. The third-order valence-corrected chi connectivity index (χ3v) is 8.96. The van der Waals surface area contributed by atoms with E-state index in [1.807, 2.05) is 50.2 Å². The fourth-order valence-electron chi connectivity index (χ4n) is 5.23. The quantitative estimate of drug-likeness (QED) is 0.234. The molecule has 1 aliphatic heterocycles. The van der Waals surface area contributed by atoms with Gasteiger partial charge < -0.3 is 31.1 Å². The first-order chi connectivity index (χ1) is 20.9. The van der Waals surface area contributed by atoms with Crippen molar-refractivity contribution in [2.24, 2.45) is 0 Å². The van der Waals surface area contributed by atoms with Crippen LogP contribution in [-0.4, -0.2) is 67.6 Å². The molecule has 11 heteroatoms. The number of benzene rings is 3. The highest BCUT2D eigenvalue weighted by atomic mass is 32.2. The fourth-order valence-corrected chi connectivity index (χ4v) is 6.37. The zero-order chi connectivity index (χ0) is 32.0. The molecular weight excluding hydrogens is 580 g/mol. The lowest BCUT2D eigenvalue weighted by Crippen LogP contribution is -2.58. The van der Waals surface area contributed by atoms with Gasteiger partial charge in [0, 0.05) is 35.0 Å². The topological polar surface area (TPSA) is 148 Å². The van der Waals surface area contributed by atoms with Crippen molar-refractivity contribution < 1.29 is 29.4 Å². The van der Waals surface area contributed by atoms with E-state index in [1.165, 1.54) is 29.7 Å². The molecule has 44 heavy (non-hydrogen) atoms. The van der Waals surface area contributed by atoms with Crippen molar-refractivity contribution >= 4 is 41.1 Å². The second-order valence-corrected chi connectivity index (χ2v) is 13.0. The molecule has 232 valence electrons. The zero-order valence-electron chi connectivity index (χ0n) is 25.2. The molecular formula is C33H38N4O6S. The van der Waals surface area contributed by atoms with Crippen LogP contribution in [0.2, 0.25) is 0 Å². The average molecular weight is 619 g/mol. The predicted octanol–water partition coefficient (Wildman–Crippen LogP) is 3.36. The lowest BCUT2D eigenvalue weighted by molar-refractivity contribution is -0.147. The third-order valence-electron chi connectivity index (χ3n) is 7.59. The van der Waals surface area contributed by atoms with Crippen molar-refractivity contribution in [3.05, 3.63) is 95.1 Å². The number of aliphatic hydroxyl groups is 1. The second-order valence-electron chi connectivity index (χ2n) is 11.4. The molecule has 10 nitrogen and oxygen atoms in total.